The average Bonchev–Trinajstić information content (AvgIpc) is 2.35. The summed E-state index contributed by atoms with van der Waals surface area (Å²) in [4.78, 5) is 0. The van der Waals surface area contributed by atoms with E-state index in [2.05, 4.69) is 15.9 Å². The zero-order valence-electron chi connectivity index (χ0n) is 9.82. The predicted octanol–water partition coefficient (Wildman–Crippen LogP) is 5.32. The molecule has 0 bridgehead atoms. The summed E-state index contributed by atoms with van der Waals surface area (Å²) in [5.74, 6) is 0.530. The van der Waals surface area contributed by atoms with Crippen LogP contribution >= 0.6 is 27.5 Å². The molecular weight excluding hydrogens is 303 g/mol. The molecule has 0 aromatic heterocycles. The van der Waals surface area contributed by atoms with Gasteiger partial charge in [0.15, 0.2) is 0 Å². The van der Waals surface area contributed by atoms with Gasteiger partial charge in [-0.15, -0.1) is 11.6 Å². The Morgan fingerprint density at radius 2 is 1.94 bits per heavy atom. The second-order valence-corrected chi connectivity index (χ2v) is 6.29. The first-order chi connectivity index (χ1) is 8.15. The highest BCUT2D eigenvalue weighted by Gasteiger charge is 2.32. The highest BCUT2D eigenvalue weighted by atomic mass is 79.9. The summed E-state index contributed by atoms with van der Waals surface area (Å²) in [5.41, 5.74) is 0.906. The largest absolute Gasteiger partial charge is 0.207 e. The van der Waals surface area contributed by atoms with Crippen LogP contribution in [0.15, 0.2) is 22.7 Å². The van der Waals surface area contributed by atoms with Crippen molar-refractivity contribution in [1.82, 2.24) is 0 Å². The van der Waals surface area contributed by atoms with E-state index in [0.29, 0.717) is 5.88 Å². The minimum Gasteiger partial charge on any atom is -0.207 e. The summed E-state index contributed by atoms with van der Waals surface area (Å²) in [5, 5.41) is 0. The minimum absolute atomic E-state index is 0.108. The van der Waals surface area contributed by atoms with Crippen LogP contribution in [0.5, 0.6) is 0 Å². The Hall–Kier alpha value is -0.0800. The molecule has 0 saturated heterocycles. The van der Waals surface area contributed by atoms with Crippen molar-refractivity contribution in [2.45, 2.75) is 38.5 Å². The van der Waals surface area contributed by atoms with E-state index >= 15 is 0 Å². The molecule has 94 valence electrons. The van der Waals surface area contributed by atoms with Gasteiger partial charge in [0, 0.05) is 10.4 Å². The second-order valence-electron chi connectivity index (χ2n) is 5.11. The first kappa shape index (κ1) is 13.4. The van der Waals surface area contributed by atoms with Crippen molar-refractivity contribution in [3.05, 3.63) is 34.1 Å². The van der Waals surface area contributed by atoms with Crippen molar-refractivity contribution in [1.29, 1.82) is 0 Å². The monoisotopic (exact) mass is 318 g/mol. The fourth-order valence-corrected chi connectivity index (χ4v) is 3.51. The lowest BCUT2D eigenvalue weighted by molar-refractivity contribution is 0.217. The van der Waals surface area contributed by atoms with Gasteiger partial charge in [-0.1, -0.05) is 35.2 Å². The molecule has 0 atom stereocenters. The molecule has 0 heterocycles. The third-order valence-corrected chi connectivity index (χ3v) is 4.83. The average molecular weight is 320 g/mol. The van der Waals surface area contributed by atoms with Crippen molar-refractivity contribution in [2.24, 2.45) is 5.41 Å². The van der Waals surface area contributed by atoms with Crippen molar-refractivity contribution in [2.75, 3.05) is 5.88 Å². The lowest BCUT2D eigenvalue weighted by Gasteiger charge is -2.35. The molecule has 1 aromatic carbocycles. The molecule has 1 aliphatic rings. The molecule has 1 saturated carbocycles. The van der Waals surface area contributed by atoms with E-state index < -0.39 is 0 Å². The third kappa shape index (κ3) is 3.23. The van der Waals surface area contributed by atoms with Crippen LogP contribution in [0.3, 0.4) is 0 Å². The van der Waals surface area contributed by atoms with Gasteiger partial charge < -0.3 is 0 Å². The standard InChI is InChI=1S/C14H17BrClF/c15-12-4-5-13(17)11(8-12)9-14(10-16)6-2-1-3-7-14/h4-5,8H,1-3,6-7,9-10H2. The molecule has 0 nitrogen and oxygen atoms in total. The third-order valence-electron chi connectivity index (χ3n) is 3.77. The van der Waals surface area contributed by atoms with Gasteiger partial charge >= 0.3 is 0 Å². The highest BCUT2D eigenvalue weighted by molar-refractivity contribution is 9.10. The van der Waals surface area contributed by atoms with Gasteiger partial charge in [0.25, 0.3) is 0 Å². The van der Waals surface area contributed by atoms with E-state index in [-0.39, 0.29) is 11.2 Å². The quantitative estimate of drug-likeness (QED) is 0.661. The SMILES string of the molecule is Fc1ccc(Br)cc1CC1(CCl)CCCCC1. The molecule has 1 aromatic rings. The number of hydrogen-bond donors (Lipinski definition) is 0. The van der Waals surface area contributed by atoms with Crippen LogP contribution in [0.2, 0.25) is 0 Å². The fraction of sp³-hybridized carbons (Fsp3) is 0.571. The van der Waals surface area contributed by atoms with Gasteiger partial charge in [-0.05, 0) is 48.4 Å². The smallest absolute Gasteiger partial charge is 0.126 e. The Bertz CT molecular complexity index is 386. The van der Waals surface area contributed by atoms with Gasteiger partial charge in [0.1, 0.15) is 5.82 Å². The molecule has 1 aliphatic carbocycles. The summed E-state index contributed by atoms with van der Waals surface area (Å²) >= 11 is 9.55. The summed E-state index contributed by atoms with van der Waals surface area (Å²) in [7, 11) is 0. The molecule has 0 N–H and O–H groups in total. The van der Waals surface area contributed by atoms with Gasteiger partial charge in [0.2, 0.25) is 0 Å². The summed E-state index contributed by atoms with van der Waals surface area (Å²) in [6.07, 6.45) is 6.76. The van der Waals surface area contributed by atoms with E-state index in [9.17, 15) is 4.39 Å². The Morgan fingerprint density at radius 1 is 1.24 bits per heavy atom. The zero-order chi connectivity index (χ0) is 12.3. The predicted molar refractivity (Wildman–Crippen MR) is 74.0 cm³/mol. The molecule has 2 rings (SSSR count). The first-order valence-corrected chi connectivity index (χ1v) is 7.48. The van der Waals surface area contributed by atoms with Crippen LogP contribution in [0.1, 0.15) is 37.7 Å². The van der Waals surface area contributed by atoms with Crippen molar-refractivity contribution in [3.63, 3.8) is 0 Å². The summed E-state index contributed by atoms with van der Waals surface area (Å²) in [6.45, 7) is 0. The van der Waals surface area contributed by atoms with Crippen LogP contribution in [0.25, 0.3) is 0 Å². The van der Waals surface area contributed by atoms with Gasteiger partial charge in [0.05, 0.1) is 0 Å². The summed E-state index contributed by atoms with van der Waals surface area (Å²) in [6, 6.07) is 5.16. The molecular formula is C14H17BrClF. The maximum atomic E-state index is 13.8. The fourth-order valence-electron chi connectivity index (χ4n) is 2.74. The lowest BCUT2D eigenvalue weighted by Crippen LogP contribution is -2.29. The topological polar surface area (TPSA) is 0 Å². The van der Waals surface area contributed by atoms with Crippen LogP contribution in [-0.4, -0.2) is 5.88 Å². The maximum absolute atomic E-state index is 13.8. The van der Waals surface area contributed by atoms with Crippen molar-refractivity contribution in [3.8, 4) is 0 Å². The van der Waals surface area contributed by atoms with E-state index in [4.69, 9.17) is 11.6 Å². The van der Waals surface area contributed by atoms with Crippen LogP contribution in [0, 0.1) is 11.2 Å². The van der Waals surface area contributed by atoms with Crippen molar-refractivity contribution >= 4 is 27.5 Å². The summed E-state index contributed by atoms with van der Waals surface area (Å²) < 4.78 is 14.7. The van der Waals surface area contributed by atoms with E-state index in [0.717, 1.165) is 29.3 Å². The number of halogens is 3. The molecule has 1 fully saturated rings. The second kappa shape index (κ2) is 5.71. The van der Waals surface area contributed by atoms with E-state index in [1.165, 1.54) is 25.3 Å². The molecule has 0 amide bonds. The first-order valence-electron chi connectivity index (χ1n) is 6.15. The Balaban J connectivity index is 2.20. The van der Waals surface area contributed by atoms with Gasteiger partial charge in [-0.2, -0.15) is 0 Å². The van der Waals surface area contributed by atoms with Crippen LogP contribution in [-0.2, 0) is 6.42 Å². The molecule has 0 radical (unpaired) electrons. The lowest BCUT2D eigenvalue weighted by atomic mass is 9.72. The van der Waals surface area contributed by atoms with Crippen LogP contribution in [0.4, 0.5) is 4.39 Å². The number of benzene rings is 1. The van der Waals surface area contributed by atoms with Gasteiger partial charge in [-0.3, -0.25) is 0 Å². The number of rotatable bonds is 3. The molecule has 0 unspecified atom stereocenters. The van der Waals surface area contributed by atoms with Crippen LogP contribution < -0.4 is 0 Å². The number of alkyl halides is 1. The normalized spacial score (nSPS) is 19.2. The van der Waals surface area contributed by atoms with Gasteiger partial charge in [-0.25, -0.2) is 4.39 Å². The van der Waals surface area contributed by atoms with Crippen molar-refractivity contribution < 1.29 is 4.39 Å². The maximum Gasteiger partial charge on any atom is 0.126 e. The number of hydrogen-bond acceptors (Lipinski definition) is 0. The molecule has 0 spiro atoms. The van der Waals surface area contributed by atoms with E-state index in [1.807, 2.05) is 6.07 Å². The minimum atomic E-state index is -0.108. The molecule has 3 heteroatoms. The Kier molecular flexibility index (Phi) is 4.48. The Labute approximate surface area is 116 Å². The zero-order valence-corrected chi connectivity index (χ0v) is 12.2. The Morgan fingerprint density at radius 3 is 2.59 bits per heavy atom. The highest BCUT2D eigenvalue weighted by Crippen LogP contribution is 2.40. The van der Waals surface area contributed by atoms with E-state index in [1.54, 1.807) is 6.07 Å². The molecule has 0 aliphatic heterocycles. The molecule has 17 heavy (non-hydrogen) atoms.